The summed E-state index contributed by atoms with van der Waals surface area (Å²) in [5.41, 5.74) is 1.13. The third kappa shape index (κ3) is 2.56. The number of hydrogen-bond donors (Lipinski definition) is 1. The molecule has 6 nitrogen and oxygen atoms in total. The van der Waals surface area contributed by atoms with Crippen LogP contribution < -0.4 is 5.32 Å². The van der Waals surface area contributed by atoms with Gasteiger partial charge >= 0.3 is 11.8 Å². The van der Waals surface area contributed by atoms with Crippen LogP contribution in [0.2, 0.25) is 0 Å². The molecule has 2 aromatic rings. The van der Waals surface area contributed by atoms with Crippen molar-refractivity contribution in [3.05, 3.63) is 33.7 Å². The molecule has 0 spiro atoms. The van der Waals surface area contributed by atoms with E-state index in [1.54, 1.807) is 29.2 Å². The lowest BCUT2D eigenvalue weighted by atomic mass is 10.0. The van der Waals surface area contributed by atoms with Crippen molar-refractivity contribution in [2.45, 2.75) is 26.3 Å². The molecule has 1 N–H and O–H groups in total. The summed E-state index contributed by atoms with van der Waals surface area (Å²) in [5, 5.41) is 8.14. The Labute approximate surface area is 125 Å². The summed E-state index contributed by atoms with van der Waals surface area (Å²) in [4.78, 5) is 27.2. The molecule has 110 valence electrons. The summed E-state index contributed by atoms with van der Waals surface area (Å²) in [7, 11) is 0. The third-order valence-corrected chi connectivity index (χ3v) is 4.60. The number of nitrogens with one attached hydrogen (secondary N) is 1. The highest BCUT2D eigenvalue weighted by atomic mass is 32.1. The maximum Gasteiger partial charge on any atom is 0.315 e. The first-order valence-electron chi connectivity index (χ1n) is 6.68. The summed E-state index contributed by atoms with van der Waals surface area (Å²) >= 11 is 1.70. The Morgan fingerprint density at radius 1 is 1.52 bits per heavy atom. The molecule has 1 aliphatic rings. The number of carbonyl (C=O) groups excluding carboxylic acids is 2. The molecule has 3 heterocycles. The number of anilines is 1. The van der Waals surface area contributed by atoms with Crippen LogP contribution in [0, 0.1) is 6.92 Å². The van der Waals surface area contributed by atoms with Gasteiger partial charge in [0.05, 0.1) is 6.04 Å². The minimum atomic E-state index is -0.686. The number of nitrogens with zero attached hydrogens (tertiary/aromatic N) is 2. The molecule has 0 bridgehead atoms. The van der Waals surface area contributed by atoms with Crippen molar-refractivity contribution in [2.24, 2.45) is 0 Å². The Morgan fingerprint density at radius 2 is 2.33 bits per heavy atom. The number of aromatic nitrogens is 1. The minimum absolute atomic E-state index is 0.0858. The molecule has 3 rings (SSSR count). The highest BCUT2D eigenvalue weighted by Gasteiger charge is 2.32. The van der Waals surface area contributed by atoms with E-state index in [1.807, 2.05) is 18.4 Å². The van der Waals surface area contributed by atoms with Crippen LogP contribution in [0.25, 0.3) is 0 Å². The zero-order valence-electron chi connectivity index (χ0n) is 11.8. The van der Waals surface area contributed by atoms with Gasteiger partial charge in [0, 0.05) is 17.5 Å². The summed E-state index contributed by atoms with van der Waals surface area (Å²) < 4.78 is 4.86. The average Bonchev–Trinajstić information content (AvgIpc) is 3.08. The molecule has 0 radical (unpaired) electrons. The van der Waals surface area contributed by atoms with Crippen LogP contribution in [-0.2, 0) is 16.0 Å². The molecule has 0 saturated heterocycles. The quantitative estimate of drug-likeness (QED) is 0.819. The summed E-state index contributed by atoms with van der Waals surface area (Å²) in [5.74, 6) is -0.396. The normalized spacial score (nSPS) is 17.4. The fourth-order valence-electron chi connectivity index (χ4n) is 2.51. The number of thiophene rings is 1. The van der Waals surface area contributed by atoms with Gasteiger partial charge in [-0.1, -0.05) is 5.16 Å². The maximum absolute atomic E-state index is 12.3. The van der Waals surface area contributed by atoms with Crippen LogP contribution in [0.1, 0.15) is 29.2 Å². The van der Waals surface area contributed by atoms with Gasteiger partial charge in [0.15, 0.2) is 5.82 Å². The Bertz CT molecular complexity index is 691. The summed E-state index contributed by atoms with van der Waals surface area (Å²) in [6, 6.07) is 3.50. The monoisotopic (exact) mass is 305 g/mol. The minimum Gasteiger partial charge on any atom is -0.360 e. The molecule has 1 atom stereocenters. The van der Waals surface area contributed by atoms with Gasteiger partial charge < -0.3 is 9.42 Å². The predicted molar refractivity (Wildman–Crippen MR) is 78.0 cm³/mol. The topological polar surface area (TPSA) is 75.4 Å². The van der Waals surface area contributed by atoms with E-state index in [0.29, 0.717) is 12.3 Å². The Balaban J connectivity index is 1.72. The van der Waals surface area contributed by atoms with Crippen LogP contribution in [0.15, 0.2) is 22.0 Å². The van der Waals surface area contributed by atoms with E-state index in [9.17, 15) is 9.59 Å². The molecule has 0 fully saturated rings. The van der Waals surface area contributed by atoms with Crippen molar-refractivity contribution in [1.29, 1.82) is 0 Å². The van der Waals surface area contributed by atoms with Gasteiger partial charge in [-0.05, 0) is 37.3 Å². The number of aryl methyl sites for hydroxylation is 1. The Hall–Kier alpha value is -2.15. The molecule has 2 aromatic heterocycles. The number of fused-ring (bicyclic) bond motifs is 1. The molecule has 0 aliphatic carbocycles. The molecule has 7 heteroatoms. The zero-order valence-corrected chi connectivity index (χ0v) is 12.6. The van der Waals surface area contributed by atoms with E-state index < -0.39 is 11.8 Å². The number of rotatable bonds is 1. The Morgan fingerprint density at radius 3 is 3.05 bits per heavy atom. The van der Waals surface area contributed by atoms with Crippen molar-refractivity contribution in [1.82, 2.24) is 10.1 Å². The van der Waals surface area contributed by atoms with E-state index in [2.05, 4.69) is 10.5 Å². The average molecular weight is 305 g/mol. The fraction of sp³-hybridized carbons (Fsp3) is 0.357. The maximum atomic E-state index is 12.3. The molecule has 1 unspecified atom stereocenters. The van der Waals surface area contributed by atoms with Gasteiger partial charge in [0.2, 0.25) is 0 Å². The van der Waals surface area contributed by atoms with Crippen LogP contribution in [0.4, 0.5) is 5.82 Å². The SMILES string of the molecule is Cc1cc(NC(=O)C(=O)N2CCc3sccc3C2C)no1. The van der Waals surface area contributed by atoms with Gasteiger partial charge in [0.1, 0.15) is 5.76 Å². The van der Waals surface area contributed by atoms with Gasteiger partial charge in [-0.3, -0.25) is 14.9 Å². The van der Waals surface area contributed by atoms with Gasteiger partial charge in [0.25, 0.3) is 0 Å². The number of carbonyl (C=O) groups is 2. The predicted octanol–water partition coefficient (Wildman–Crippen LogP) is 2.13. The van der Waals surface area contributed by atoms with Crippen molar-refractivity contribution in [3.8, 4) is 0 Å². The molecule has 21 heavy (non-hydrogen) atoms. The van der Waals surface area contributed by atoms with Crippen LogP contribution in [-0.4, -0.2) is 28.4 Å². The molecule has 2 amide bonds. The number of hydrogen-bond acceptors (Lipinski definition) is 5. The first-order chi connectivity index (χ1) is 10.1. The van der Waals surface area contributed by atoms with Crippen LogP contribution >= 0.6 is 11.3 Å². The smallest absolute Gasteiger partial charge is 0.315 e. The van der Waals surface area contributed by atoms with E-state index in [4.69, 9.17) is 4.52 Å². The molecule has 1 aliphatic heterocycles. The van der Waals surface area contributed by atoms with Gasteiger partial charge in [-0.25, -0.2) is 0 Å². The highest BCUT2D eigenvalue weighted by Crippen LogP contribution is 2.32. The van der Waals surface area contributed by atoms with Crippen LogP contribution in [0.3, 0.4) is 0 Å². The van der Waals surface area contributed by atoms with Crippen molar-refractivity contribution >= 4 is 29.0 Å². The van der Waals surface area contributed by atoms with Gasteiger partial charge in [-0.15, -0.1) is 11.3 Å². The van der Waals surface area contributed by atoms with Crippen LogP contribution in [0.5, 0.6) is 0 Å². The standard InChI is InChI=1S/C14H15N3O3S/c1-8-7-12(16-20-8)15-13(18)14(19)17-5-3-11-10(9(17)2)4-6-21-11/h4,6-7,9H,3,5H2,1-2H3,(H,15,16,18). The lowest BCUT2D eigenvalue weighted by molar-refractivity contribution is -0.145. The highest BCUT2D eigenvalue weighted by molar-refractivity contribution is 7.10. The van der Waals surface area contributed by atoms with E-state index >= 15 is 0 Å². The number of amides is 2. The molecular formula is C14H15N3O3S. The zero-order chi connectivity index (χ0) is 15.0. The second-order valence-electron chi connectivity index (χ2n) is 5.00. The third-order valence-electron chi connectivity index (χ3n) is 3.60. The second kappa shape index (κ2) is 5.33. The van der Waals surface area contributed by atoms with E-state index in [1.165, 1.54) is 4.88 Å². The summed E-state index contributed by atoms with van der Waals surface area (Å²) in [6.45, 7) is 4.21. The summed E-state index contributed by atoms with van der Waals surface area (Å²) in [6.07, 6.45) is 0.791. The fourth-order valence-corrected chi connectivity index (χ4v) is 3.48. The van der Waals surface area contributed by atoms with Gasteiger partial charge in [-0.2, -0.15) is 0 Å². The van der Waals surface area contributed by atoms with E-state index in [0.717, 1.165) is 12.0 Å². The Kier molecular flexibility index (Phi) is 3.50. The van der Waals surface area contributed by atoms with Crippen molar-refractivity contribution < 1.29 is 14.1 Å². The molecule has 0 saturated carbocycles. The van der Waals surface area contributed by atoms with Crippen molar-refractivity contribution in [2.75, 3.05) is 11.9 Å². The van der Waals surface area contributed by atoms with Crippen molar-refractivity contribution in [3.63, 3.8) is 0 Å². The lowest BCUT2D eigenvalue weighted by Crippen LogP contribution is -2.44. The molecular weight excluding hydrogens is 290 g/mol. The first-order valence-corrected chi connectivity index (χ1v) is 7.56. The second-order valence-corrected chi connectivity index (χ2v) is 6.00. The van der Waals surface area contributed by atoms with E-state index in [-0.39, 0.29) is 11.9 Å². The first kappa shape index (κ1) is 13.8. The largest absolute Gasteiger partial charge is 0.360 e. The lowest BCUT2D eigenvalue weighted by Gasteiger charge is -2.32. The molecule has 0 aromatic carbocycles.